The molecular formula is C10H12N2OS. The molecule has 0 atom stereocenters. The second-order valence-electron chi connectivity index (χ2n) is 3.89. The van der Waals surface area contributed by atoms with Gasteiger partial charge in [-0.15, -0.1) is 0 Å². The van der Waals surface area contributed by atoms with E-state index in [0.29, 0.717) is 6.42 Å². The van der Waals surface area contributed by atoms with Gasteiger partial charge in [-0.25, -0.2) is 4.98 Å². The number of aromatic nitrogens is 1. The number of carbonyl (C=O) groups excluding carboxylic acids is 1. The molecule has 0 bridgehead atoms. The summed E-state index contributed by atoms with van der Waals surface area (Å²) < 4.78 is 0. The second kappa shape index (κ2) is 2.98. The van der Waals surface area contributed by atoms with E-state index in [2.05, 4.69) is 17.6 Å². The fourth-order valence-corrected chi connectivity index (χ4v) is 1.90. The van der Waals surface area contributed by atoms with Gasteiger partial charge in [0.1, 0.15) is 5.82 Å². The molecule has 0 radical (unpaired) electrons. The van der Waals surface area contributed by atoms with Crippen molar-refractivity contribution < 1.29 is 4.79 Å². The number of fused-ring (bicyclic) bond motifs is 1. The van der Waals surface area contributed by atoms with Crippen LogP contribution >= 0.6 is 12.6 Å². The monoisotopic (exact) mass is 208 g/mol. The van der Waals surface area contributed by atoms with E-state index in [-0.39, 0.29) is 5.91 Å². The molecule has 1 aromatic heterocycles. The highest BCUT2D eigenvalue weighted by molar-refractivity contribution is 7.81. The molecule has 1 aliphatic heterocycles. The molecular weight excluding hydrogens is 196 g/mol. The van der Waals surface area contributed by atoms with E-state index >= 15 is 0 Å². The number of carbonyl (C=O) groups is 1. The maximum atomic E-state index is 11.7. The van der Waals surface area contributed by atoms with Gasteiger partial charge in [-0.1, -0.05) is 6.07 Å². The van der Waals surface area contributed by atoms with Gasteiger partial charge in [0.25, 0.3) is 0 Å². The molecule has 74 valence electrons. The van der Waals surface area contributed by atoms with Crippen molar-refractivity contribution in [2.75, 3.05) is 4.90 Å². The molecule has 1 aliphatic rings. The van der Waals surface area contributed by atoms with Crippen LogP contribution in [0.5, 0.6) is 0 Å². The molecule has 1 amide bonds. The number of hydrogen-bond donors (Lipinski definition) is 1. The van der Waals surface area contributed by atoms with Crippen LogP contribution in [0.3, 0.4) is 0 Å². The third-order valence-corrected chi connectivity index (χ3v) is 2.42. The lowest BCUT2D eigenvalue weighted by Gasteiger charge is -2.30. The summed E-state index contributed by atoms with van der Waals surface area (Å²) >= 11 is 4.40. The van der Waals surface area contributed by atoms with Crippen LogP contribution in [0.1, 0.15) is 19.4 Å². The first kappa shape index (κ1) is 9.52. The first-order chi connectivity index (χ1) is 6.50. The summed E-state index contributed by atoms with van der Waals surface area (Å²) in [5.41, 5.74) is 0.986. The van der Waals surface area contributed by atoms with Crippen molar-refractivity contribution in [1.82, 2.24) is 4.98 Å². The molecule has 2 heterocycles. The topological polar surface area (TPSA) is 33.2 Å². The molecule has 0 aliphatic carbocycles. The minimum absolute atomic E-state index is 0.0682. The predicted octanol–water partition coefficient (Wildman–Crippen LogP) is 1.64. The quantitative estimate of drug-likeness (QED) is 0.712. The lowest BCUT2D eigenvalue weighted by molar-refractivity contribution is -0.117. The molecule has 14 heavy (non-hydrogen) atoms. The minimum atomic E-state index is -0.489. The summed E-state index contributed by atoms with van der Waals surface area (Å²) in [4.78, 5) is 17.1. The Hall–Kier alpha value is -1.03. The van der Waals surface area contributed by atoms with Gasteiger partial charge in [0.05, 0.1) is 11.3 Å². The second-order valence-corrected chi connectivity index (χ2v) is 4.98. The van der Waals surface area contributed by atoms with Gasteiger partial charge >= 0.3 is 0 Å². The molecule has 2 rings (SSSR count). The van der Waals surface area contributed by atoms with Crippen molar-refractivity contribution in [3.8, 4) is 0 Å². The average Bonchev–Trinajstić information content (AvgIpc) is 2.38. The van der Waals surface area contributed by atoms with Crippen molar-refractivity contribution in [2.45, 2.75) is 25.1 Å². The zero-order valence-electron chi connectivity index (χ0n) is 8.19. The van der Waals surface area contributed by atoms with Crippen LogP contribution in [-0.4, -0.2) is 15.8 Å². The third kappa shape index (κ3) is 1.39. The molecule has 0 spiro atoms. The van der Waals surface area contributed by atoms with E-state index in [1.807, 2.05) is 26.0 Å². The summed E-state index contributed by atoms with van der Waals surface area (Å²) in [5.74, 6) is 0.816. The van der Waals surface area contributed by atoms with Crippen LogP contribution < -0.4 is 4.90 Å². The summed E-state index contributed by atoms with van der Waals surface area (Å²) in [6, 6.07) is 3.78. The number of pyridine rings is 1. The number of amides is 1. The Morgan fingerprint density at radius 1 is 1.57 bits per heavy atom. The van der Waals surface area contributed by atoms with Crippen LogP contribution in [-0.2, 0) is 11.2 Å². The summed E-state index contributed by atoms with van der Waals surface area (Å²) in [6.45, 7) is 3.77. The highest BCUT2D eigenvalue weighted by atomic mass is 32.1. The largest absolute Gasteiger partial charge is 0.282 e. The highest BCUT2D eigenvalue weighted by Crippen LogP contribution is 2.33. The Balaban J connectivity index is 2.50. The van der Waals surface area contributed by atoms with E-state index in [9.17, 15) is 4.79 Å². The van der Waals surface area contributed by atoms with Gasteiger partial charge in [0, 0.05) is 11.8 Å². The number of thiol groups is 1. The predicted molar refractivity (Wildman–Crippen MR) is 58.5 cm³/mol. The fourth-order valence-electron chi connectivity index (χ4n) is 1.69. The molecule has 0 saturated heterocycles. The number of rotatable bonds is 1. The van der Waals surface area contributed by atoms with Gasteiger partial charge in [0.15, 0.2) is 0 Å². The van der Waals surface area contributed by atoms with Crippen molar-refractivity contribution in [1.29, 1.82) is 0 Å². The maximum Gasteiger partial charge on any atom is 0.233 e. The summed E-state index contributed by atoms with van der Waals surface area (Å²) in [7, 11) is 0. The van der Waals surface area contributed by atoms with E-state index < -0.39 is 4.87 Å². The van der Waals surface area contributed by atoms with Gasteiger partial charge in [-0.3, -0.25) is 9.69 Å². The van der Waals surface area contributed by atoms with E-state index in [1.165, 1.54) is 0 Å². The molecule has 0 fully saturated rings. The standard InChI is InChI=1S/C10H12N2OS/c1-10(2,14)12-8(13)6-7-4-3-5-11-9(7)12/h3-5,14H,6H2,1-2H3. The molecule has 0 aromatic carbocycles. The number of anilines is 1. The zero-order chi connectivity index (χ0) is 10.3. The highest BCUT2D eigenvalue weighted by Gasteiger charge is 2.36. The third-order valence-electron chi connectivity index (χ3n) is 2.22. The molecule has 1 aromatic rings. The van der Waals surface area contributed by atoms with Crippen LogP contribution in [0.15, 0.2) is 18.3 Å². The van der Waals surface area contributed by atoms with Crippen LogP contribution in [0, 0.1) is 0 Å². The fraction of sp³-hybridized carbons (Fsp3) is 0.400. The minimum Gasteiger partial charge on any atom is -0.282 e. The Morgan fingerprint density at radius 2 is 2.29 bits per heavy atom. The lowest BCUT2D eigenvalue weighted by Crippen LogP contribution is -2.42. The van der Waals surface area contributed by atoms with Crippen LogP contribution in [0.25, 0.3) is 0 Å². The van der Waals surface area contributed by atoms with E-state index in [4.69, 9.17) is 0 Å². The Bertz CT molecular complexity index is 384. The van der Waals surface area contributed by atoms with Crippen molar-refractivity contribution in [2.24, 2.45) is 0 Å². The Morgan fingerprint density at radius 3 is 2.93 bits per heavy atom. The first-order valence-corrected chi connectivity index (χ1v) is 4.94. The smallest absolute Gasteiger partial charge is 0.233 e. The van der Waals surface area contributed by atoms with Crippen molar-refractivity contribution in [3.63, 3.8) is 0 Å². The van der Waals surface area contributed by atoms with Gasteiger partial charge in [0.2, 0.25) is 5.91 Å². The van der Waals surface area contributed by atoms with Gasteiger partial charge in [-0.2, -0.15) is 12.6 Å². The molecule has 0 saturated carbocycles. The lowest BCUT2D eigenvalue weighted by atomic mass is 10.2. The first-order valence-electron chi connectivity index (χ1n) is 4.49. The average molecular weight is 208 g/mol. The normalized spacial score (nSPS) is 15.9. The van der Waals surface area contributed by atoms with E-state index in [1.54, 1.807) is 11.1 Å². The molecule has 0 N–H and O–H groups in total. The van der Waals surface area contributed by atoms with Gasteiger partial charge in [-0.05, 0) is 19.9 Å². The van der Waals surface area contributed by atoms with Gasteiger partial charge < -0.3 is 0 Å². The number of nitrogens with zero attached hydrogens (tertiary/aromatic N) is 2. The summed E-state index contributed by atoms with van der Waals surface area (Å²) in [5, 5.41) is 0. The molecule has 0 unspecified atom stereocenters. The van der Waals surface area contributed by atoms with Crippen LogP contribution in [0.4, 0.5) is 5.82 Å². The van der Waals surface area contributed by atoms with Crippen molar-refractivity contribution >= 4 is 24.4 Å². The molecule has 3 nitrogen and oxygen atoms in total. The van der Waals surface area contributed by atoms with Crippen molar-refractivity contribution in [3.05, 3.63) is 23.9 Å². The Kier molecular flexibility index (Phi) is 2.03. The zero-order valence-corrected chi connectivity index (χ0v) is 9.08. The number of hydrogen-bond acceptors (Lipinski definition) is 3. The van der Waals surface area contributed by atoms with Crippen LogP contribution in [0.2, 0.25) is 0 Å². The van der Waals surface area contributed by atoms with E-state index in [0.717, 1.165) is 11.4 Å². The molecule has 4 heteroatoms. The maximum absolute atomic E-state index is 11.7. The SMILES string of the molecule is CC(C)(S)N1C(=O)Cc2cccnc21. The summed E-state index contributed by atoms with van der Waals surface area (Å²) in [6.07, 6.45) is 2.14. The Labute approximate surface area is 88.5 Å².